The first-order chi connectivity index (χ1) is 11.8. The number of hydrogen-bond acceptors (Lipinski definition) is 3. The van der Waals surface area contributed by atoms with E-state index in [4.69, 9.17) is 0 Å². The molecule has 0 saturated carbocycles. The van der Waals surface area contributed by atoms with Gasteiger partial charge in [0.05, 0.1) is 4.90 Å². The molecule has 1 N–H and O–H groups in total. The van der Waals surface area contributed by atoms with Gasteiger partial charge in [0.25, 0.3) is 0 Å². The zero-order chi connectivity index (χ0) is 18.2. The van der Waals surface area contributed by atoms with E-state index >= 15 is 0 Å². The summed E-state index contributed by atoms with van der Waals surface area (Å²) in [6, 6.07) is 12.1. The van der Waals surface area contributed by atoms with Gasteiger partial charge in [0.1, 0.15) is 6.04 Å². The minimum absolute atomic E-state index is 0.210. The van der Waals surface area contributed by atoms with Gasteiger partial charge in [0.15, 0.2) is 0 Å². The second kappa shape index (κ2) is 6.61. The van der Waals surface area contributed by atoms with Crippen LogP contribution in [0.3, 0.4) is 0 Å². The van der Waals surface area contributed by atoms with Crippen molar-refractivity contribution in [3.63, 3.8) is 0 Å². The predicted molar refractivity (Wildman–Crippen MR) is 98.2 cm³/mol. The summed E-state index contributed by atoms with van der Waals surface area (Å²) in [6.45, 7) is 6.13. The van der Waals surface area contributed by atoms with Gasteiger partial charge in [-0.15, -0.1) is 0 Å². The van der Waals surface area contributed by atoms with Crippen molar-refractivity contribution in [3.05, 3.63) is 59.2 Å². The third-order valence-corrected chi connectivity index (χ3v) is 6.31. The van der Waals surface area contributed by atoms with E-state index in [1.807, 2.05) is 44.2 Å². The number of amides is 1. The van der Waals surface area contributed by atoms with Gasteiger partial charge in [-0.2, -0.15) is 4.72 Å². The van der Waals surface area contributed by atoms with Crippen LogP contribution in [0, 0.1) is 20.8 Å². The zero-order valence-electron chi connectivity index (χ0n) is 14.6. The van der Waals surface area contributed by atoms with Crippen LogP contribution in [-0.2, 0) is 14.8 Å². The number of hydrogen-bond donors (Lipinski definition) is 1. The minimum atomic E-state index is -3.74. The molecule has 0 radical (unpaired) electrons. The molecule has 1 fully saturated rings. The Morgan fingerprint density at radius 1 is 1.04 bits per heavy atom. The monoisotopic (exact) mass is 358 g/mol. The molecule has 2 aromatic rings. The quantitative estimate of drug-likeness (QED) is 0.914. The maximum atomic E-state index is 12.7. The van der Waals surface area contributed by atoms with Crippen molar-refractivity contribution in [1.82, 2.24) is 4.72 Å². The summed E-state index contributed by atoms with van der Waals surface area (Å²) in [7, 11) is -3.74. The van der Waals surface area contributed by atoms with Crippen LogP contribution >= 0.6 is 0 Å². The average Bonchev–Trinajstić information content (AvgIpc) is 2.91. The molecule has 0 aliphatic carbocycles. The van der Waals surface area contributed by atoms with Gasteiger partial charge in [-0.1, -0.05) is 29.8 Å². The number of nitrogens with zero attached hydrogens (tertiary/aromatic N) is 1. The number of benzene rings is 2. The molecule has 6 heteroatoms. The van der Waals surface area contributed by atoms with E-state index in [0.717, 1.165) is 16.8 Å². The Balaban J connectivity index is 1.81. The molecule has 25 heavy (non-hydrogen) atoms. The molecular weight excluding hydrogens is 336 g/mol. The number of sulfonamides is 1. The lowest BCUT2D eigenvalue weighted by atomic mass is 10.1. The fourth-order valence-corrected chi connectivity index (χ4v) is 4.58. The van der Waals surface area contributed by atoms with Gasteiger partial charge in [-0.05, 0) is 56.5 Å². The molecule has 1 amide bonds. The van der Waals surface area contributed by atoms with Gasteiger partial charge >= 0.3 is 0 Å². The fourth-order valence-electron chi connectivity index (χ4n) is 3.04. The Morgan fingerprint density at radius 3 is 2.40 bits per heavy atom. The summed E-state index contributed by atoms with van der Waals surface area (Å²) in [6.07, 6.45) is 0.455. The minimum Gasteiger partial charge on any atom is -0.311 e. The van der Waals surface area contributed by atoms with E-state index in [0.29, 0.717) is 18.5 Å². The molecule has 0 spiro atoms. The number of rotatable bonds is 4. The Bertz CT molecular complexity index is 905. The first-order valence-electron chi connectivity index (χ1n) is 8.26. The number of anilines is 1. The van der Waals surface area contributed by atoms with E-state index in [9.17, 15) is 13.2 Å². The van der Waals surface area contributed by atoms with Gasteiger partial charge in [0.2, 0.25) is 15.9 Å². The van der Waals surface area contributed by atoms with Crippen molar-refractivity contribution in [3.8, 4) is 0 Å². The molecule has 0 unspecified atom stereocenters. The summed E-state index contributed by atoms with van der Waals surface area (Å²) in [5.74, 6) is -0.210. The molecule has 3 rings (SSSR count). The lowest BCUT2D eigenvalue weighted by Gasteiger charge is -2.18. The Kier molecular flexibility index (Phi) is 4.67. The molecule has 0 bridgehead atoms. The average molecular weight is 358 g/mol. The molecule has 1 saturated heterocycles. The van der Waals surface area contributed by atoms with Gasteiger partial charge < -0.3 is 4.90 Å². The van der Waals surface area contributed by atoms with Crippen LogP contribution in [0.1, 0.15) is 23.1 Å². The van der Waals surface area contributed by atoms with Crippen LogP contribution in [0.2, 0.25) is 0 Å². The van der Waals surface area contributed by atoms with Crippen LogP contribution in [0.15, 0.2) is 47.4 Å². The number of aryl methyl sites for hydroxylation is 2. The molecule has 2 aromatic carbocycles. The second-order valence-electron chi connectivity index (χ2n) is 6.49. The maximum Gasteiger partial charge on any atom is 0.245 e. The molecule has 1 aliphatic heterocycles. The molecule has 1 aliphatic rings. The summed E-state index contributed by atoms with van der Waals surface area (Å²) in [5.41, 5.74) is 3.52. The number of carbonyl (C=O) groups is 1. The molecule has 1 heterocycles. The molecule has 1 atom stereocenters. The smallest absolute Gasteiger partial charge is 0.245 e. The highest BCUT2D eigenvalue weighted by molar-refractivity contribution is 7.89. The van der Waals surface area contributed by atoms with Gasteiger partial charge in [-0.3, -0.25) is 4.79 Å². The van der Waals surface area contributed by atoms with Crippen molar-refractivity contribution < 1.29 is 13.2 Å². The maximum absolute atomic E-state index is 12.7. The number of carbonyl (C=O) groups excluding carboxylic acids is 1. The lowest BCUT2D eigenvalue weighted by molar-refractivity contribution is -0.118. The van der Waals surface area contributed by atoms with Gasteiger partial charge in [0, 0.05) is 12.2 Å². The Hall–Kier alpha value is -2.18. The van der Waals surface area contributed by atoms with Crippen molar-refractivity contribution in [2.45, 2.75) is 38.1 Å². The normalized spacial score (nSPS) is 18.0. The Morgan fingerprint density at radius 2 is 1.72 bits per heavy atom. The topological polar surface area (TPSA) is 66.5 Å². The highest BCUT2D eigenvalue weighted by Crippen LogP contribution is 2.24. The van der Waals surface area contributed by atoms with Crippen molar-refractivity contribution in [2.24, 2.45) is 0 Å². The summed E-state index contributed by atoms with van der Waals surface area (Å²) < 4.78 is 28.0. The third-order valence-electron chi connectivity index (χ3n) is 4.69. The van der Waals surface area contributed by atoms with E-state index in [2.05, 4.69) is 4.72 Å². The van der Waals surface area contributed by atoms with E-state index in [1.54, 1.807) is 24.0 Å². The fraction of sp³-hybridized carbons (Fsp3) is 0.316. The highest BCUT2D eigenvalue weighted by atomic mass is 32.2. The van der Waals surface area contributed by atoms with E-state index in [-0.39, 0.29) is 10.8 Å². The molecule has 5 nitrogen and oxygen atoms in total. The molecule has 132 valence electrons. The van der Waals surface area contributed by atoms with Crippen molar-refractivity contribution in [2.75, 3.05) is 11.4 Å². The predicted octanol–water partition coefficient (Wildman–Crippen LogP) is 2.70. The number of nitrogens with one attached hydrogen (secondary N) is 1. The van der Waals surface area contributed by atoms with E-state index in [1.165, 1.54) is 0 Å². The largest absolute Gasteiger partial charge is 0.311 e. The van der Waals surface area contributed by atoms with E-state index < -0.39 is 16.1 Å². The summed E-state index contributed by atoms with van der Waals surface area (Å²) in [5, 5.41) is 0. The van der Waals surface area contributed by atoms with Crippen LogP contribution in [0.4, 0.5) is 5.69 Å². The zero-order valence-corrected chi connectivity index (χ0v) is 15.4. The third kappa shape index (κ3) is 3.45. The van der Waals surface area contributed by atoms with Crippen molar-refractivity contribution >= 4 is 21.6 Å². The molecule has 0 aromatic heterocycles. The second-order valence-corrected chi connectivity index (χ2v) is 8.17. The summed E-state index contributed by atoms with van der Waals surface area (Å²) >= 11 is 0. The lowest BCUT2D eigenvalue weighted by Crippen LogP contribution is -2.41. The van der Waals surface area contributed by atoms with Crippen molar-refractivity contribution in [1.29, 1.82) is 0 Å². The van der Waals surface area contributed by atoms with Crippen LogP contribution in [-0.4, -0.2) is 26.9 Å². The first-order valence-corrected chi connectivity index (χ1v) is 9.74. The van der Waals surface area contributed by atoms with Gasteiger partial charge in [-0.25, -0.2) is 8.42 Å². The van der Waals surface area contributed by atoms with Crippen LogP contribution in [0.25, 0.3) is 0 Å². The molecular formula is C19H22N2O3S. The Labute approximate surface area is 148 Å². The summed E-state index contributed by atoms with van der Waals surface area (Å²) in [4.78, 5) is 14.5. The SMILES string of the molecule is Cc1ccc(N2CC[C@H](NS(=O)(=O)c3cccc(C)c3C)C2=O)cc1. The first kappa shape index (κ1) is 17.6. The van der Waals surface area contributed by atoms with Crippen LogP contribution in [0.5, 0.6) is 0 Å². The van der Waals surface area contributed by atoms with Crippen LogP contribution < -0.4 is 9.62 Å². The highest BCUT2D eigenvalue weighted by Gasteiger charge is 2.36. The standard InChI is InChI=1S/C19H22N2O3S/c1-13-7-9-16(10-8-13)21-12-11-17(19(21)22)20-25(23,24)18-6-4-5-14(2)15(18)3/h4-10,17,20H,11-12H2,1-3H3/t17-/m0/s1.